The summed E-state index contributed by atoms with van der Waals surface area (Å²) in [4.78, 5) is 20.6. The molecule has 0 aromatic heterocycles. The molecule has 0 saturated heterocycles. The highest BCUT2D eigenvalue weighted by Gasteiger charge is 1.96. The van der Waals surface area contributed by atoms with E-state index in [0.717, 1.165) is 57.8 Å². The highest BCUT2D eigenvalue weighted by Crippen LogP contribution is 2.08. The monoisotopic (exact) mass is 558 g/mol. The number of hydrogen-bond donors (Lipinski definition) is 2. The third-order valence-corrected chi connectivity index (χ3v) is 6.37. The molecule has 0 saturated carbocycles. The summed E-state index contributed by atoms with van der Waals surface area (Å²) in [6, 6.07) is 0. The molecule has 0 aromatic carbocycles. The van der Waals surface area contributed by atoms with Crippen LogP contribution in [0.5, 0.6) is 0 Å². The van der Waals surface area contributed by atoms with Crippen molar-refractivity contribution in [3.63, 3.8) is 0 Å². The van der Waals surface area contributed by atoms with Crippen molar-refractivity contribution in [1.29, 1.82) is 0 Å². The van der Waals surface area contributed by atoms with Crippen LogP contribution in [0, 0.1) is 0 Å². The molecule has 0 rings (SSSR count). The van der Waals surface area contributed by atoms with E-state index in [4.69, 9.17) is 10.2 Å². The summed E-state index contributed by atoms with van der Waals surface area (Å²) in [6.45, 7) is 4.46. The Balaban J connectivity index is 0. The van der Waals surface area contributed by atoms with Crippen molar-refractivity contribution in [2.75, 3.05) is 0 Å². The van der Waals surface area contributed by atoms with Gasteiger partial charge in [-0.15, -0.1) is 0 Å². The lowest BCUT2D eigenvalue weighted by atomic mass is 10.1. The predicted molar refractivity (Wildman–Crippen MR) is 174 cm³/mol. The Morgan fingerprint density at radius 2 is 0.675 bits per heavy atom. The van der Waals surface area contributed by atoms with Crippen molar-refractivity contribution >= 4 is 11.9 Å². The Morgan fingerprint density at radius 3 is 1.05 bits per heavy atom. The van der Waals surface area contributed by atoms with Gasteiger partial charge in [0.25, 0.3) is 0 Å². The molecule has 40 heavy (non-hydrogen) atoms. The summed E-state index contributed by atoms with van der Waals surface area (Å²) < 4.78 is 0. The van der Waals surface area contributed by atoms with Gasteiger partial charge in [0, 0.05) is 12.8 Å². The van der Waals surface area contributed by atoms with Gasteiger partial charge in [0.15, 0.2) is 0 Å². The van der Waals surface area contributed by atoms with Crippen molar-refractivity contribution < 1.29 is 19.8 Å². The highest BCUT2D eigenvalue weighted by atomic mass is 16.4. The topological polar surface area (TPSA) is 74.6 Å². The first kappa shape index (κ1) is 39.8. The van der Waals surface area contributed by atoms with Crippen molar-refractivity contribution in [3.05, 3.63) is 60.8 Å². The van der Waals surface area contributed by atoms with Crippen LogP contribution in [0.3, 0.4) is 0 Å². The molecule has 0 aliphatic heterocycles. The van der Waals surface area contributed by atoms with Crippen LogP contribution < -0.4 is 0 Å². The number of unbranched alkanes of at least 4 members (excludes halogenated alkanes) is 13. The predicted octanol–water partition coefficient (Wildman–Crippen LogP) is 11.5. The SMILES string of the molecule is CCCCC/C=C\C/C=C\C/C=C\CCCCC(=O)O.CCCCC/C=C\C/C=C\CCCCCCCC(=O)O. The average molecular weight is 559 g/mol. The van der Waals surface area contributed by atoms with E-state index in [1.54, 1.807) is 0 Å². The van der Waals surface area contributed by atoms with Crippen molar-refractivity contribution in [2.45, 2.75) is 155 Å². The zero-order valence-corrected chi connectivity index (χ0v) is 26.0. The summed E-state index contributed by atoms with van der Waals surface area (Å²) in [7, 11) is 0. The highest BCUT2D eigenvalue weighted by molar-refractivity contribution is 5.66. The maximum atomic E-state index is 10.3. The zero-order valence-electron chi connectivity index (χ0n) is 26.0. The second-order valence-corrected chi connectivity index (χ2v) is 10.4. The second kappa shape index (κ2) is 36.6. The Bertz CT molecular complexity index is 685. The molecule has 0 amide bonds. The average Bonchev–Trinajstić information content (AvgIpc) is 2.93. The van der Waals surface area contributed by atoms with E-state index < -0.39 is 11.9 Å². The quantitative estimate of drug-likeness (QED) is 0.0776. The zero-order chi connectivity index (χ0) is 29.8. The summed E-state index contributed by atoms with van der Waals surface area (Å²) in [5.41, 5.74) is 0. The second-order valence-electron chi connectivity index (χ2n) is 10.4. The van der Waals surface area contributed by atoms with Gasteiger partial charge < -0.3 is 10.2 Å². The molecule has 0 aromatic rings. The molecule has 0 unspecified atom stereocenters. The molecule has 0 atom stereocenters. The summed E-state index contributed by atoms with van der Waals surface area (Å²) in [6.07, 6.45) is 45.6. The van der Waals surface area contributed by atoms with E-state index >= 15 is 0 Å². The van der Waals surface area contributed by atoms with Crippen LogP contribution in [-0.2, 0) is 9.59 Å². The molecule has 0 aliphatic carbocycles. The van der Waals surface area contributed by atoms with Crippen molar-refractivity contribution in [3.8, 4) is 0 Å². The normalized spacial score (nSPS) is 11.8. The van der Waals surface area contributed by atoms with E-state index in [1.165, 1.54) is 70.6 Å². The standard InChI is InChI=1S/C18H32O2.C18H30O2/c2*1-2-3-4-5-6-7-8-9-10-11-12-13-14-15-16-17-18(19)20/h6-7,9-10H,2-5,8,11-17H2,1H3,(H,19,20);6-7,9-10,12-13H,2-5,8,11,14-17H2,1H3,(H,19,20)/b7-6-,10-9-;7-6-,10-9-,13-12-. The first-order valence-electron chi connectivity index (χ1n) is 16.2. The van der Waals surface area contributed by atoms with Gasteiger partial charge in [-0.05, 0) is 83.5 Å². The van der Waals surface area contributed by atoms with Gasteiger partial charge >= 0.3 is 11.9 Å². The smallest absolute Gasteiger partial charge is 0.303 e. The van der Waals surface area contributed by atoms with E-state index in [2.05, 4.69) is 74.6 Å². The van der Waals surface area contributed by atoms with Gasteiger partial charge in [-0.1, -0.05) is 120 Å². The molecule has 0 bridgehead atoms. The number of carboxylic acids is 2. The molecular weight excluding hydrogens is 496 g/mol. The van der Waals surface area contributed by atoms with Crippen LogP contribution >= 0.6 is 0 Å². The minimum absolute atomic E-state index is 0.290. The van der Waals surface area contributed by atoms with E-state index in [9.17, 15) is 9.59 Å². The Morgan fingerprint density at radius 1 is 0.400 bits per heavy atom. The lowest BCUT2D eigenvalue weighted by Crippen LogP contribution is -1.93. The Hall–Kier alpha value is -2.36. The van der Waals surface area contributed by atoms with Crippen LogP contribution in [0.4, 0.5) is 0 Å². The number of carboxylic acid groups (broad SMARTS) is 2. The van der Waals surface area contributed by atoms with Gasteiger partial charge in [-0.3, -0.25) is 9.59 Å². The molecule has 0 fully saturated rings. The van der Waals surface area contributed by atoms with Gasteiger partial charge in [0.1, 0.15) is 0 Å². The van der Waals surface area contributed by atoms with Crippen LogP contribution in [0.25, 0.3) is 0 Å². The van der Waals surface area contributed by atoms with E-state index in [0.29, 0.717) is 12.8 Å². The van der Waals surface area contributed by atoms with Gasteiger partial charge in [-0.25, -0.2) is 0 Å². The third kappa shape index (κ3) is 42.7. The number of carbonyl (C=O) groups is 2. The third-order valence-electron chi connectivity index (χ3n) is 6.37. The molecule has 2 N–H and O–H groups in total. The minimum atomic E-state index is -0.695. The maximum absolute atomic E-state index is 10.3. The fourth-order valence-electron chi connectivity index (χ4n) is 3.92. The molecule has 0 radical (unpaired) electrons. The number of rotatable bonds is 27. The number of allylic oxidation sites excluding steroid dienone is 10. The minimum Gasteiger partial charge on any atom is -0.481 e. The lowest BCUT2D eigenvalue weighted by molar-refractivity contribution is -0.138. The first-order valence-corrected chi connectivity index (χ1v) is 16.2. The van der Waals surface area contributed by atoms with Gasteiger partial charge in [0.05, 0.1) is 0 Å². The van der Waals surface area contributed by atoms with E-state index in [1.807, 2.05) is 0 Å². The van der Waals surface area contributed by atoms with Crippen molar-refractivity contribution in [2.24, 2.45) is 0 Å². The van der Waals surface area contributed by atoms with Crippen LogP contribution in [-0.4, -0.2) is 22.2 Å². The fraction of sp³-hybridized carbons (Fsp3) is 0.667. The molecular formula is C36H62O4. The van der Waals surface area contributed by atoms with Crippen LogP contribution in [0.2, 0.25) is 0 Å². The van der Waals surface area contributed by atoms with Crippen LogP contribution in [0.1, 0.15) is 155 Å². The molecule has 4 nitrogen and oxygen atoms in total. The summed E-state index contributed by atoms with van der Waals surface area (Å²) in [5.74, 6) is -1.37. The first-order chi connectivity index (χ1) is 19.5. The summed E-state index contributed by atoms with van der Waals surface area (Å²) in [5, 5.41) is 17.0. The Kier molecular flexibility index (Phi) is 36.4. The molecule has 0 aliphatic rings. The lowest BCUT2D eigenvalue weighted by Gasteiger charge is -1.98. The summed E-state index contributed by atoms with van der Waals surface area (Å²) >= 11 is 0. The molecule has 0 spiro atoms. The number of hydrogen-bond acceptors (Lipinski definition) is 2. The Labute approximate surface area is 247 Å². The molecule has 0 heterocycles. The fourth-order valence-corrected chi connectivity index (χ4v) is 3.92. The number of aliphatic carboxylic acids is 2. The van der Waals surface area contributed by atoms with Crippen LogP contribution in [0.15, 0.2) is 60.8 Å². The van der Waals surface area contributed by atoms with E-state index in [-0.39, 0.29) is 0 Å². The molecule has 230 valence electrons. The molecule has 4 heteroatoms. The van der Waals surface area contributed by atoms with Gasteiger partial charge in [-0.2, -0.15) is 0 Å². The van der Waals surface area contributed by atoms with Crippen molar-refractivity contribution in [1.82, 2.24) is 0 Å². The van der Waals surface area contributed by atoms with Gasteiger partial charge in [0.2, 0.25) is 0 Å². The largest absolute Gasteiger partial charge is 0.481 e. The maximum Gasteiger partial charge on any atom is 0.303 e.